The van der Waals surface area contributed by atoms with Gasteiger partial charge < -0.3 is 15.6 Å². The quantitative estimate of drug-likeness (QED) is 0.347. The molecule has 0 aliphatic heterocycles. The lowest BCUT2D eigenvalue weighted by Crippen LogP contribution is -2.29. The van der Waals surface area contributed by atoms with Crippen molar-refractivity contribution in [3.63, 3.8) is 0 Å². The maximum atomic E-state index is 10.8. The molecule has 0 heterocycles. The first-order chi connectivity index (χ1) is 7.06. The van der Waals surface area contributed by atoms with Crippen LogP contribution in [0.2, 0.25) is 0 Å². The summed E-state index contributed by atoms with van der Waals surface area (Å²) in [4.78, 5) is 21.4. The van der Waals surface area contributed by atoms with Crippen LogP contribution in [0.3, 0.4) is 0 Å². The van der Waals surface area contributed by atoms with Gasteiger partial charge in [-0.3, -0.25) is 5.84 Å². The Balaban J connectivity index is 3.20. The molecular weight excluding hydrogens is 202 g/mol. The lowest BCUT2D eigenvalue weighted by molar-refractivity contribution is 0.0696. The van der Waals surface area contributed by atoms with E-state index in [9.17, 15) is 9.59 Å². The average molecular weight is 211 g/mol. The molecule has 0 fully saturated rings. The Labute approximate surface area is 84.5 Å². The fraction of sp³-hybridized carbons (Fsp3) is 0. The molecule has 7 heteroatoms. The lowest BCUT2D eigenvalue weighted by atomic mass is 10.1. The number of benzene rings is 1. The molecule has 0 saturated heterocycles. The number of carboxylic acid groups (broad SMARTS) is 2. The second-order valence-electron chi connectivity index (χ2n) is 2.64. The highest BCUT2D eigenvalue weighted by molar-refractivity contribution is 5.98. The molecule has 1 aromatic rings. The molecule has 80 valence electrons. The number of carbonyl (C=O) groups is 2. The summed E-state index contributed by atoms with van der Waals surface area (Å²) in [5.74, 6) is 2.53. The average Bonchev–Trinajstić information content (AvgIpc) is 2.18. The summed E-state index contributed by atoms with van der Waals surface area (Å²) in [6.45, 7) is 0. The lowest BCUT2D eigenvalue weighted by Gasteiger charge is -2.08. The Morgan fingerprint density at radius 2 is 1.87 bits per heavy atom. The summed E-state index contributed by atoms with van der Waals surface area (Å²) in [6.07, 6.45) is 0. The van der Waals surface area contributed by atoms with Crippen LogP contribution in [0.5, 0.6) is 0 Å². The Bertz CT molecular complexity index is 405. The molecule has 0 amide bonds. The van der Waals surface area contributed by atoms with Crippen LogP contribution in [0, 0.1) is 0 Å². The minimum absolute atomic E-state index is 0.102. The molecule has 0 aliphatic carbocycles. The Hall–Kier alpha value is -2.12. The second kappa shape index (κ2) is 4.40. The molecule has 0 unspecified atom stereocenters. The van der Waals surface area contributed by atoms with E-state index in [1.807, 2.05) is 0 Å². The first-order valence-electron chi connectivity index (χ1n) is 3.88. The summed E-state index contributed by atoms with van der Waals surface area (Å²) < 4.78 is 0. The molecule has 0 radical (unpaired) electrons. The van der Waals surface area contributed by atoms with E-state index in [0.717, 1.165) is 6.07 Å². The third-order valence-corrected chi connectivity index (χ3v) is 1.70. The molecule has 0 aliphatic rings. The zero-order chi connectivity index (χ0) is 11.4. The van der Waals surface area contributed by atoms with Crippen LogP contribution in [0.25, 0.3) is 0 Å². The van der Waals surface area contributed by atoms with Gasteiger partial charge in [0.05, 0.1) is 16.8 Å². The summed E-state index contributed by atoms with van der Waals surface area (Å²) in [7, 11) is 0. The van der Waals surface area contributed by atoms with E-state index in [-0.39, 0.29) is 16.8 Å². The zero-order valence-corrected chi connectivity index (χ0v) is 7.52. The Morgan fingerprint density at radius 3 is 2.33 bits per heavy atom. The SMILES string of the molecule is NNNc1ccc(C(=O)O)cc1C(=O)O. The molecule has 15 heavy (non-hydrogen) atoms. The predicted molar refractivity (Wildman–Crippen MR) is 51.3 cm³/mol. The van der Waals surface area contributed by atoms with Crippen molar-refractivity contribution in [1.29, 1.82) is 0 Å². The Morgan fingerprint density at radius 1 is 1.20 bits per heavy atom. The predicted octanol–water partition coefficient (Wildman–Crippen LogP) is -0.127. The molecule has 7 nitrogen and oxygen atoms in total. The van der Waals surface area contributed by atoms with E-state index in [2.05, 4.69) is 11.0 Å². The summed E-state index contributed by atoms with van der Waals surface area (Å²) in [5.41, 5.74) is 4.36. The topological polar surface area (TPSA) is 125 Å². The van der Waals surface area contributed by atoms with Crippen molar-refractivity contribution in [3.8, 4) is 0 Å². The number of anilines is 1. The number of hydrogen-bond acceptors (Lipinski definition) is 5. The van der Waals surface area contributed by atoms with Gasteiger partial charge in [-0.05, 0) is 18.2 Å². The van der Waals surface area contributed by atoms with Crippen molar-refractivity contribution in [3.05, 3.63) is 29.3 Å². The normalized spacial score (nSPS) is 9.67. The number of nitrogens with two attached hydrogens (primary N) is 1. The number of rotatable bonds is 4. The van der Waals surface area contributed by atoms with Crippen molar-refractivity contribution in [2.45, 2.75) is 0 Å². The van der Waals surface area contributed by atoms with Gasteiger partial charge in [0.2, 0.25) is 0 Å². The Kier molecular flexibility index (Phi) is 3.21. The van der Waals surface area contributed by atoms with E-state index < -0.39 is 11.9 Å². The number of nitrogens with one attached hydrogen (secondary N) is 2. The molecule has 0 aromatic heterocycles. The molecular formula is C8H9N3O4. The van der Waals surface area contributed by atoms with Gasteiger partial charge in [-0.1, -0.05) is 0 Å². The largest absolute Gasteiger partial charge is 0.478 e. The highest BCUT2D eigenvalue weighted by Crippen LogP contribution is 2.16. The molecule has 0 saturated carbocycles. The van der Waals surface area contributed by atoms with Gasteiger partial charge in [-0.2, -0.15) is 5.53 Å². The minimum atomic E-state index is -1.24. The second-order valence-corrected chi connectivity index (χ2v) is 2.64. The van der Waals surface area contributed by atoms with Crippen molar-refractivity contribution in [2.75, 3.05) is 5.43 Å². The van der Waals surface area contributed by atoms with Crippen LogP contribution in [0.4, 0.5) is 5.69 Å². The van der Waals surface area contributed by atoms with Gasteiger partial charge in [-0.25, -0.2) is 9.59 Å². The summed E-state index contributed by atoms with van der Waals surface area (Å²) >= 11 is 0. The monoisotopic (exact) mass is 211 g/mol. The zero-order valence-electron chi connectivity index (χ0n) is 7.52. The van der Waals surface area contributed by atoms with Crippen LogP contribution in [0.1, 0.15) is 20.7 Å². The standard InChI is InChI=1S/C8H9N3O4/c9-11-10-6-2-1-4(7(12)13)3-5(6)8(14)15/h1-3,10-11H,9H2,(H,12,13)(H,14,15). The van der Waals surface area contributed by atoms with Crippen molar-refractivity contribution < 1.29 is 19.8 Å². The van der Waals surface area contributed by atoms with Crippen LogP contribution >= 0.6 is 0 Å². The van der Waals surface area contributed by atoms with Gasteiger partial charge in [0.15, 0.2) is 0 Å². The number of carboxylic acids is 2. The van der Waals surface area contributed by atoms with Gasteiger partial charge in [-0.15, -0.1) is 0 Å². The molecule has 1 rings (SSSR count). The highest BCUT2D eigenvalue weighted by Gasteiger charge is 2.13. The third kappa shape index (κ3) is 2.42. The van der Waals surface area contributed by atoms with E-state index >= 15 is 0 Å². The van der Waals surface area contributed by atoms with Crippen molar-refractivity contribution in [1.82, 2.24) is 5.53 Å². The van der Waals surface area contributed by atoms with E-state index in [0.29, 0.717) is 0 Å². The van der Waals surface area contributed by atoms with Crippen LogP contribution < -0.4 is 16.8 Å². The molecule has 1 aromatic carbocycles. The number of aromatic carboxylic acids is 2. The summed E-state index contributed by atoms with van der Waals surface area (Å²) in [6, 6.07) is 3.63. The fourth-order valence-corrected chi connectivity index (χ4v) is 1.04. The highest BCUT2D eigenvalue weighted by atomic mass is 16.4. The van der Waals surface area contributed by atoms with Gasteiger partial charge in [0.1, 0.15) is 0 Å². The van der Waals surface area contributed by atoms with E-state index in [1.54, 1.807) is 0 Å². The molecule has 0 spiro atoms. The smallest absolute Gasteiger partial charge is 0.337 e. The van der Waals surface area contributed by atoms with Crippen LogP contribution in [-0.2, 0) is 0 Å². The van der Waals surface area contributed by atoms with Crippen molar-refractivity contribution in [2.24, 2.45) is 5.84 Å². The van der Waals surface area contributed by atoms with Crippen LogP contribution in [-0.4, -0.2) is 22.2 Å². The maximum absolute atomic E-state index is 10.8. The first kappa shape index (κ1) is 11.0. The maximum Gasteiger partial charge on any atom is 0.337 e. The minimum Gasteiger partial charge on any atom is -0.478 e. The third-order valence-electron chi connectivity index (χ3n) is 1.70. The summed E-state index contributed by atoms with van der Waals surface area (Å²) in [5, 5.41) is 17.5. The van der Waals surface area contributed by atoms with Crippen LogP contribution in [0.15, 0.2) is 18.2 Å². The number of hydrogen-bond donors (Lipinski definition) is 5. The first-order valence-corrected chi connectivity index (χ1v) is 3.88. The van der Waals surface area contributed by atoms with Gasteiger partial charge in [0, 0.05) is 0 Å². The van der Waals surface area contributed by atoms with Gasteiger partial charge in [0.25, 0.3) is 0 Å². The molecule has 0 atom stereocenters. The number of hydrazine groups is 2. The van der Waals surface area contributed by atoms with E-state index in [1.165, 1.54) is 12.1 Å². The van der Waals surface area contributed by atoms with Gasteiger partial charge >= 0.3 is 11.9 Å². The molecule has 6 N–H and O–H groups in total. The van der Waals surface area contributed by atoms with Crippen molar-refractivity contribution >= 4 is 17.6 Å². The van der Waals surface area contributed by atoms with E-state index in [4.69, 9.17) is 16.1 Å². The molecule has 0 bridgehead atoms. The fourth-order valence-electron chi connectivity index (χ4n) is 1.04.